The van der Waals surface area contributed by atoms with Gasteiger partial charge < -0.3 is 9.15 Å². The summed E-state index contributed by atoms with van der Waals surface area (Å²) in [6.07, 6.45) is -1.87. The molecule has 0 saturated carbocycles. The molecule has 0 aliphatic heterocycles. The topological polar surface area (TPSA) is 39.4 Å². The van der Waals surface area contributed by atoms with Crippen LogP contribution >= 0.6 is 15.9 Å². The Hall–Kier alpha value is -0.910. The molecule has 0 aliphatic rings. The minimum Gasteiger partial charge on any atom is -0.467 e. The van der Waals surface area contributed by atoms with Gasteiger partial charge in [-0.2, -0.15) is 0 Å². The van der Waals surface area contributed by atoms with Crippen LogP contribution in [-0.2, 0) is 10.1 Å². The van der Waals surface area contributed by atoms with Crippen LogP contribution in [0.3, 0.4) is 0 Å². The molecule has 0 radical (unpaired) electrons. The maximum absolute atomic E-state index is 12.5. The summed E-state index contributed by atoms with van der Waals surface area (Å²) in [6, 6.07) is 0. The number of carbonyl (C=O) groups is 1. The highest BCUT2D eigenvalue weighted by Crippen LogP contribution is 2.29. The van der Waals surface area contributed by atoms with E-state index in [1.165, 1.54) is 0 Å². The average molecular weight is 283 g/mol. The molecule has 0 atom stereocenters. The van der Waals surface area contributed by atoms with Crippen molar-refractivity contribution in [3.8, 4) is 0 Å². The fourth-order valence-electron chi connectivity index (χ4n) is 1.11. The van der Waals surface area contributed by atoms with E-state index in [2.05, 4.69) is 20.7 Å². The Balaban J connectivity index is 3.10. The summed E-state index contributed by atoms with van der Waals surface area (Å²) >= 11 is 3.04. The zero-order valence-electron chi connectivity index (χ0n) is 7.93. The lowest BCUT2D eigenvalue weighted by molar-refractivity contribution is 0.0514. The Kier molecular flexibility index (Phi) is 4.26. The van der Waals surface area contributed by atoms with Crippen LogP contribution in [0.5, 0.6) is 0 Å². The Morgan fingerprint density at radius 1 is 1.67 bits per heavy atom. The van der Waals surface area contributed by atoms with Crippen molar-refractivity contribution >= 4 is 21.9 Å². The molecule has 0 saturated heterocycles. The number of rotatable bonds is 4. The lowest BCUT2D eigenvalue weighted by Crippen LogP contribution is -2.08. The third-order valence-corrected chi connectivity index (χ3v) is 2.24. The first-order valence-corrected chi connectivity index (χ1v) is 5.35. The second kappa shape index (κ2) is 5.25. The predicted octanol–water partition coefficient (Wildman–Crippen LogP) is 3.29. The summed E-state index contributed by atoms with van der Waals surface area (Å²) in [4.78, 5) is 11.4. The molecule has 3 nitrogen and oxygen atoms in total. The van der Waals surface area contributed by atoms with E-state index in [1.54, 1.807) is 6.92 Å². The van der Waals surface area contributed by atoms with Gasteiger partial charge in [0.15, 0.2) is 0 Å². The van der Waals surface area contributed by atoms with Gasteiger partial charge in [0.25, 0.3) is 6.43 Å². The molecular weight excluding hydrogens is 274 g/mol. The van der Waals surface area contributed by atoms with Crippen molar-refractivity contribution in [1.82, 2.24) is 0 Å². The molecule has 1 aromatic rings. The highest BCUT2D eigenvalue weighted by molar-refractivity contribution is 9.08. The molecular formula is C9H9BrF2O3. The van der Waals surface area contributed by atoms with Crippen LogP contribution in [0, 0.1) is 0 Å². The highest BCUT2D eigenvalue weighted by Gasteiger charge is 2.26. The minimum absolute atomic E-state index is 0.133. The van der Waals surface area contributed by atoms with Crippen molar-refractivity contribution in [1.29, 1.82) is 0 Å². The van der Waals surface area contributed by atoms with Crippen LogP contribution in [0.1, 0.15) is 35.0 Å². The Bertz CT molecular complexity index is 349. The number of hydrogen-bond donors (Lipinski definition) is 0. The number of furan rings is 1. The van der Waals surface area contributed by atoms with Gasteiger partial charge in [0.1, 0.15) is 17.6 Å². The van der Waals surface area contributed by atoms with Gasteiger partial charge in [0.05, 0.1) is 17.5 Å². The van der Waals surface area contributed by atoms with E-state index in [0.29, 0.717) is 0 Å². The number of hydrogen-bond acceptors (Lipinski definition) is 3. The zero-order valence-corrected chi connectivity index (χ0v) is 9.51. The average Bonchev–Trinajstić information content (AvgIpc) is 2.61. The van der Waals surface area contributed by atoms with Crippen molar-refractivity contribution in [3.05, 3.63) is 23.2 Å². The van der Waals surface area contributed by atoms with Gasteiger partial charge in [-0.15, -0.1) is 0 Å². The first-order chi connectivity index (χ1) is 7.11. The van der Waals surface area contributed by atoms with Crippen molar-refractivity contribution in [2.45, 2.75) is 18.7 Å². The van der Waals surface area contributed by atoms with E-state index >= 15 is 0 Å². The van der Waals surface area contributed by atoms with Gasteiger partial charge in [0, 0.05) is 0 Å². The van der Waals surface area contributed by atoms with Crippen molar-refractivity contribution in [3.63, 3.8) is 0 Å². The highest BCUT2D eigenvalue weighted by atomic mass is 79.9. The summed E-state index contributed by atoms with van der Waals surface area (Å²) in [5.74, 6) is -0.625. The number of carbonyl (C=O) groups excluding carboxylic acids is 1. The fourth-order valence-corrected chi connectivity index (χ4v) is 1.52. The monoisotopic (exact) mass is 282 g/mol. The number of halogens is 3. The maximum atomic E-state index is 12.5. The standard InChI is InChI=1S/C9H9BrF2O3/c1-2-14-9(13)7-5(8(11)12)4-15-6(7)3-10/h4,8H,2-3H2,1H3. The molecule has 0 aromatic carbocycles. The van der Waals surface area contributed by atoms with E-state index < -0.39 is 18.0 Å². The van der Waals surface area contributed by atoms with Crippen LogP contribution in [0.25, 0.3) is 0 Å². The Morgan fingerprint density at radius 3 is 2.80 bits per heavy atom. The second-order valence-corrected chi connectivity index (χ2v) is 3.20. The molecule has 0 N–H and O–H groups in total. The Morgan fingerprint density at radius 2 is 2.33 bits per heavy atom. The van der Waals surface area contributed by atoms with Crippen LogP contribution < -0.4 is 0 Å². The normalized spacial score (nSPS) is 10.7. The Labute approximate surface area is 93.5 Å². The summed E-state index contributed by atoms with van der Waals surface area (Å²) in [5.41, 5.74) is -0.605. The number of alkyl halides is 3. The van der Waals surface area contributed by atoms with E-state index in [9.17, 15) is 13.6 Å². The molecule has 6 heteroatoms. The molecule has 0 aliphatic carbocycles. The lowest BCUT2D eigenvalue weighted by atomic mass is 10.1. The zero-order chi connectivity index (χ0) is 11.4. The van der Waals surface area contributed by atoms with Gasteiger partial charge in [-0.3, -0.25) is 0 Å². The number of ether oxygens (including phenoxy) is 1. The van der Waals surface area contributed by atoms with Crippen molar-refractivity contribution in [2.24, 2.45) is 0 Å². The molecule has 1 aromatic heterocycles. The number of esters is 1. The fraction of sp³-hybridized carbons (Fsp3) is 0.444. The first kappa shape index (κ1) is 12.2. The third kappa shape index (κ3) is 2.56. The van der Waals surface area contributed by atoms with Gasteiger partial charge in [-0.25, -0.2) is 13.6 Å². The summed E-state index contributed by atoms with van der Waals surface area (Å²) in [7, 11) is 0. The molecule has 1 heterocycles. The third-order valence-electron chi connectivity index (χ3n) is 1.73. The van der Waals surface area contributed by atoms with Crippen LogP contribution in [0.2, 0.25) is 0 Å². The summed E-state index contributed by atoms with van der Waals surface area (Å²) < 4.78 is 34.5. The van der Waals surface area contributed by atoms with Crippen molar-refractivity contribution < 1.29 is 22.7 Å². The molecule has 0 spiro atoms. The minimum atomic E-state index is -2.75. The smallest absolute Gasteiger partial charge is 0.342 e. The quantitative estimate of drug-likeness (QED) is 0.628. The SMILES string of the molecule is CCOC(=O)c1c(C(F)F)coc1CBr. The molecule has 0 amide bonds. The van der Waals surface area contributed by atoms with E-state index in [-0.39, 0.29) is 23.3 Å². The molecule has 15 heavy (non-hydrogen) atoms. The molecule has 0 unspecified atom stereocenters. The van der Waals surface area contributed by atoms with Crippen LogP contribution in [0.15, 0.2) is 10.7 Å². The van der Waals surface area contributed by atoms with E-state index in [1.807, 2.05) is 0 Å². The first-order valence-electron chi connectivity index (χ1n) is 4.23. The maximum Gasteiger partial charge on any atom is 0.342 e. The van der Waals surface area contributed by atoms with E-state index in [4.69, 9.17) is 4.42 Å². The van der Waals surface area contributed by atoms with Gasteiger partial charge in [-0.05, 0) is 6.92 Å². The lowest BCUT2D eigenvalue weighted by Gasteiger charge is -2.03. The molecule has 1 rings (SSSR count). The van der Waals surface area contributed by atoms with Gasteiger partial charge >= 0.3 is 5.97 Å². The van der Waals surface area contributed by atoms with Crippen molar-refractivity contribution in [2.75, 3.05) is 6.61 Å². The summed E-state index contributed by atoms with van der Waals surface area (Å²) in [5, 5.41) is 0.188. The van der Waals surface area contributed by atoms with E-state index in [0.717, 1.165) is 6.26 Å². The largest absolute Gasteiger partial charge is 0.467 e. The van der Waals surface area contributed by atoms with Gasteiger partial charge in [0.2, 0.25) is 0 Å². The van der Waals surface area contributed by atoms with Crippen LogP contribution in [-0.4, -0.2) is 12.6 Å². The molecule has 0 bridgehead atoms. The second-order valence-electron chi connectivity index (χ2n) is 2.64. The molecule has 0 fully saturated rings. The van der Waals surface area contributed by atoms with Crippen LogP contribution in [0.4, 0.5) is 8.78 Å². The summed E-state index contributed by atoms with van der Waals surface area (Å²) in [6.45, 7) is 1.74. The predicted molar refractivity (Wildman–Crippen MR) is 52.3 cm³/mol. The van der Waals surface area contributed by atoms with Gasteiger partial charge in [-0.1, -0.05) is 15.9 Å². The molecule has 84 valence electrons.